The van der Waals surface area contributed by atoms with Gasteiger partial charge in [-0.3, -0.25) is 4.79 Å². The fourth-order valence-corrected chi connectivity index (χ4v) is 2.74. The number of rotatable bonds is 7. The van der Waals surface area contributed by atoms with Crippen LogP contribution < -0.4 is 10.5 Å². The quantitative estimate of drug-likeness (QED) is 0.663. The minimum absolute atomic E-state index is 0.0246. The lowest BCUT2D eigenvalue weighted by Gasteiger charge is -2.07. The van der Waals surface area contributed by atoms with Gasteiger partial charge in [-0.05, 0) is 38.0 Å². The zero-order valence-electron chi connectivity index (χ0n) is 14.3. The highest BCUT2D eigenvalue weighted by atomic mass is 32.2. The molecule has 26 heavy (non-hydrogen) atoms. The van der Waals surface area contributed by atoms with Crippen LogP contribution >= 0.6 is 0 Å². The van der Waals surface area contributed by atoms with Gasteiger partial charge in [-0.2, -0.15) is 0 Å². The van der Waals surface area contributed by atoms with E-state index >= 15 is 0 Å². The lowest BCUT2D eigenvalue weighted by Crippen LogP contribution is -2.30. The summed E-state index contributed by atoms with van der Waals surface area (Å²) in [6.07, 6.45) is 0.481. The van der Waals surface area contributed by atoms with Crippen molar-refractivity contribution in [2.75, 3.05) is 13.2 Å². The van der Waals surface area contributed by atoms with Crippen molar-refractivity contribution in [3.05, 3.63) is 46.8 Å². The second-order valence-corrected chi connectivity index (χ2v) is 7.13. The lowest BCUT2D eigenvalue weighted by molar-refractivity contribution is -0.124. The number of nitrogens with one attached hydrogen (secondary N) is 1. The number of ether oxygens (including phenoxy) is 1. The molecule has 2 rings (SSSR count). The molecule has 0 radical (unpaired) electrons. The number of nitrogens with zero attached hydrogens (tertiary/aromatic N) is 1. The van der Waals surface area contributed by atoms with Crippen LogP contribution in [-0.4, -0.2) is 38.6 Å². The van der Waals surface area contributed by atoms with E-state index in [1.807, 2.05) is 0 Å². The largest absolute Gasteiger partial charge is 0.452 e. The number of carbonyl (C=O) groups is 2. The van der Waals surface area contributed by atoms with Gasteiger partial charge in [0, 0.05) is 6.54 Å². The molecule has 3 N–H and O–H groups in total. The van der Waals surface area contributed by atoms with Crippen molar-refractivity contribution in [1.82, 2.24) is 10.5 Å². The van der Waals surface area contributed by atoms with Crippen LogP contribution in [0.3, 0.4) is 0 Å². The van der Waals surface area contributed by atoms with Crippen LogP contribution in [0.4, 0.5) is 0 Å². The van der Waals surface area contributed by atoms with Crippen LogP contribution in [0, 0.1) is 13.8 Å². The Bertz CT molecular complexity index is 883. The van der Waals surface area contributed by atoms with Crippen LogP contribution in [0.2, 0.25) is 0 Å². The molecule has 0 aliphatic carbocycles. The molecule has 1 aromatic carbocycles. The van der Waals surface area contributed by atoms with Gasteiger partial charge in [-0.15, -0.1) is 0 Å². The van der Waals surface area contributed by atoms with E-state index in [4.69, 9.17) is 14.4 Å². The molecule has 1 heterocycles. The molecule has 0 unspecified atom stereocenters. The van der Waals surface area contributed by atoms with Gasteiger partial charge in [0.1, 0.15) is 11.3 Å². The monoisotopic (exact) mass is 381 g/mol. The highest BCUT2D eigenvalue weighted by Gasteiger charge is 2.19. The van der Waals surface area contributed by atoms with Crippen molar-refractivity contribution < 1.29 is 27.3 Å². The van der Waals surface area contributed by atoms with Crippen molar-refractivity contribution in [2.45, 2.75) is 25.2 Å². The van der Waals surface area contributed by atoms with E-state index in [9.17, 15) is 18.0 Å². The second kappa shape index (κ2) is 8.11. The molecule has 10 heteroatoms. The first-order valence-electron chi connectivity index (χ1n) is 7.67. The summed E-state index contributed by atoms with van der Waals surface area (Å²) in [5.41, 5.74) is 1.44. The van der Waals surface area contributed by atoms with E-state index in [2.05, 4.69) is 10.5 Å². The summed E-state index contributed by atoms with van der Waals surface area (Å²) in [6.45, 7) is 3.07. The second-order valence-electron chi connectivity index (χ2n) is 5.56. The fourth-order valence-electron chi connectivity index (χ4n) is 2.22. The minimum atomic E-state index is -3.72. The zero-order valence-corrected chi connectivity index (χ0v) is 15.1. The Morgan fingerprint density at radius 1 is 1.23 bits per heavy atom. The average Bonchev–Trinajstić information content (AvgIpc) is 2.91. The summed E-state index contributed by atoms with van der Waals surface area (Å²) in [4.78, 5) is 23.7. The first-order valence-corrected chi connectivity index (χ1v) is 9.21. The number of carbonyl (C=O) groups excluding carboxylic acids is 2. The minimum Gasteiger partial charge on any atom is -0.452 e. The molecule has 2 aromatic rings. The highest BCUT2D eigenvalue weighted by molar-refractivity contribution is 7.89. The van der Waals surface area contributed by atoms with Crippen molar-refractivity contribution in [2.24, 2.45) is 5.14 Å². The Labute approximate surface area is 150 Å². The van der Waals surface area contributed by atoms with E-state index in [1.54, 1.807) is 26.0 Å². The number of sulfonamides is 1. The lowest BCUT2D eigenvalue weighted by atomic mass is 10.1. The van der Waals surface area contributed by atoms with E-state index in [-0.39, 0.29) is 10.5 Å². The zero-order chi connectivity index (χ0) is 19.3. The van der Waals surface area contributed by atoms with Gasteiger partial charge >= 0.3 is 5.97 Å². The Hall–Kier alpha value is -2.72. The van der Waals surface area contributed by atoms with Gasteiger partial charge < -0.3 is 14.6 Å². The molecule has 1 amide bonds. The van der Waals surface area contributed by atoms with Gasteiger partial charge in [0.15, 0.2) is 6.61 Å². The molecular weight excluding hydrogens is 362 g/mol. The van der Waals surface area contributed by atoms with E-state index in [0.29, 0.717) is 24.4 Å². The summed E-state index contributed by atoms with van der Waals surface area (Å²) in [6, 6.07) is 6.03. The third-order valence-electron chi connectivity index (χ3n) is 3.56. The first-order chi connectivity index (χ1) is 12.2. The maximum Gasteiger partial charge on any atom is 0.344 e. The normalized spacial score (nSPS) is 11.2. The Balaban J connectivity index is 1.76. The molecule has 0 atom stereocenters. The number of primary sulfonamides is 1. The number of amides is 1. The first kappa shape index (κ1) is 19.6. The van der Waals surface area contributed by atoms with Crippen molar-refractivity contribution in [3.8, 4) is 0 Å². The van der Waals surface area contributed by atoms with Crippen LogP contribution in [-0.2, 0) is 26.0 Å². The predicted octanol–water partition coefficient (Wildman–Crippen LogP) is 0.455. The number of benzene rings is 1. The SMILES string of the molecule is Cc1noc(C)c1C(=O)OCC(=O)NCCc1ccc(S(N)(=O)=O)cc1. The maximum absolute atomic E-state index is 11.9. The summed E-state index contributed by atoms with van der Waals surface area (Å²) in [7, 11) is -3.72. The molecule has 140 valence electrons. The molecule has 9 nitrogen and oxygen atoms in total. The summed E-state index contributed by atoms with van der Waals surface area (Å²) < 4.78 is 32.1. The number of hydrogen-bond acceptors (Lipinski definition) is 7. The van der Waals surface area contributed by atoms with Crippen LogP contribution in [0.5, 0.6) is 0 Å². The van der Waals surface area contributed by atoms with Crippen LogP contribution in [0.15, 0.2) is 33.7 Å². The molecular formula is C16H19N3O6S. The van der Waals surface area contributed by atoms with Gasteiger partial charge in [0.05, 0.1) is 10.6 Å². The number of nitrogens with two attached hydrogens (primary N) is 1. The molecule has 0 aliphatic rings. The molecule has 0 fully saturated rings. The number of esters is 1. The van der Waals surface area contributed by atoms with Crippen molar-refractivity contribution in [3.63, 3.8) is 0 Å². The predicted molar refractivity (Wildman–Crippen MR) is 90.8 cm³/mol. The standard InChI is InChI=1S/C16H19N3O6S/c1-10-15(11(2)25-19-10)16(21)24-9-14(20)18-8-7-12-3-5-13(6-4-12)26(17,22)23/h3-6H,7-9H2,1-2H3,(H,18,20)(H2,17,22,23). The van der Waals surface area contributed by atoms with Gasteiger partial charge in [-0.1, -0.05) is 17.3 Å². The Kier molecular flexibility index (Phi) is 6.11. The molecule has 0 bridgehead atoms. The number of hydrogen-bond donors (Lipinski definition) is 2. The van der Waals surface area contributed by atoms with Crippen LogP contribution in [0.1, 0.15) is 27.4 Å². The number of aromatic nitrogens is 1. The smallest absolute Gasteiger partial charge is 0.344 e. The summed E-state index contributed by atoms with van der Waals surface area (Å²) in [5, 5.41) is 11.3. The molecule has 0 aliphatic heterocycles. The molecule has 1 aromatic heterocycles. The Morgan fingerprint density at radius 3 is 2.42 bits per heavy atom. The van der Waals surface area contributed by atoms with Gasteiger partial charge in [0.2, 0.25) is 10.0 Å². The van der Waals surface area contributed by atoms with Gasteiger partial charge in [0.25, 0.3) is 5.91 Å². The molecule has 0 spiro atoms. The van der Waals surface area contributed by atoms with Gasteiger partial charge in [-0.25, -0.2) is 18.4 Å². The van der Waals surface area contributed by atoms with E-state index in [0.717, 1.165) is 5.56 Å². The van der Waals surface area contributed by atoms with Crippen LogP contribution in [0.25, 0.3) is 0 Å². The topological polar surface area (TPSA) is 142 Å². The fraction of sp³-hybridized carbons (Fsp3) is 0.312. The average molecular weight is 381 g/mol. The van der Waals surface area contributed by atoms with E-state index in [1.165, 1.54) is 12.1 Å². The third kappa shape index (κ3) is 5.14. The summed E-state index contributed by atoms with van der Waals surface area (Å²) in [5.74, 6) is -0.794. The van der Waals surface area contributed by atoms with Crippen molar-refractivity contribution >= 4 is 21.9 Å². The van der Waals surface area contributed by atoms with E-state index < -0.39 is 28.5 Å². The number of aryl methyl sites for hydroxylation is 2. The third-order valence-corrected chi connectivity index (χ3v) is 4.49. The highest BCUT2D eigenvalue weighted by Crippen LogP contribution is 2.13. The summed E-state index contributed by atoms with van der Waals surface area (Å²) >= 11 is 0. The van der Waals surface area contributed by atoms with Crippen molar-refractivity contribution in [1.29, 1.82) is 0 Å². The molecule has 0 saturated carbocycles. The molecule has 0 saturated heterocycles. The Morgan fingerprint density at radius 2 is 1.88 bits per heavy atom. The maximum atomic E-state index is 11.9.